The van der Waals surface area contributed by atoms with E-state index < -0.39 is 23.9 Å². The minimum atomic E-state index is -1.13. The zero-order valence-corrected chi connectivity index (χ0v) is 20.5. The molecule has 3 aromatic rings. The Hall–Kier alpha value is -4.30. The molecule has 2 aliphatic rings. The predicted octanol–water partition coefficient (Wildman–Crippen LogP) is 3.45. The maximum Gasteiger partial charge on any atom is 0.334 e. The van der Waals surface area contributed by atoms with Crippen molar-refractivity contribution in [2.24, 2.45) is 0 Å². The molecule has 0 aliphatic carbocycles. The molecule has 4 amide bonds. The number of hydrogen-bond acceptors (Lipinski definition) is 6. The van der Waals surface area contributed by atoms with E-state index in [0.29, 0.717) is 17.2 Å². The van der Waals surface area contributed by atoms with Gasteiger partial charge in [0.2, 0.25) is 0 Å². The summed E-state index contributed by atoms with van der Waals surface area (Å²) in [5.41, 5.74) is 1.96. The summed E-state index contributed by atoms with van der Waals surface area (Å²) in [6, 6.07) is 22.3. The topological polar surface area (TPSA) is 90.0 Å². The van der Waals surface area contributed by atoms with Crippen LogP contribution in [-0.4, -0.2) is 71.7 Å². The molecule has 37 heavy (non-hydrogen) atoms. The molecular weight excluding hydrogens is 468 g/mol. The Bertz CT molecular complexity index is 1310. The van der Waals surface area contributed by atoms with Crippen molar-refractivity contribution in [2.75, 3.05) is 31.1 Å². The fourth-order valence-corrected chi connectivity index (χ4v) is 4.88. The number of ketones is 1. The van der Waals surface area contributed by atoms with Gasteiger partial charge in [-0.05, 0) is 55.5 Å². The molecule has 8 nitrogen and oxygen atoms in total. The van der Waals surface area contributed by atoms with Crippen molar-refractivity contribution < 1.29 is 19.2 Å². The van der Waals surface area contributed by atoms with Gasteiger partial charge in [0.05, 0.1) is 6.54 Å². The molecule has 188 valence electrons. The molecule has 0 spiro atoms. The number of piperazine rings is 1. The first kappa shape index (κ1) is 24.4. The number of nitrogens with zero attached hydrogens (tertiary/aromatic N) is 3. The zero-order chi connectivity index (χ0) is 25.9. The number of urea groups is 1. The van der Waals surface area contributed by atoms with Crippen molar-refractivity contribution in [1.29, 1.82) is 0 Å². The molecule has 5 rings (SSSR count). The van der Waals surface area contributed by atoms with Crippen LogP contribution in [0.4, 0.5) is 10.5 Å². The Kier molecular flexibility index (Phi) is 6.83. The number of nitrogens with one attached hydrogen (secondary N) is 1. The van der Waals surface area contributed by atoms with Crippen LogP contribution in [0.3, 0.4) is 0 Å². The van der Waals surface area contributed by atoms with Crippen molar-refractivity contribution in [3.05, 3.63) is 102 Å². The summed E-state index contributed by atoms with van der Waals surface area (Å²) in [6.07, 6.45) is 0. The van der Waals surface area contributed by atoms with Crippen molar-refractivity contribution >= 4 is 29.3 Å². The average Bonchev–Trinajstić information content (AvgIpc) is 3.30. The first-order chi connectivity index (χ1) is 18.0. The second-order valence-electron chi connectivity index (χ2n) is 9.28. The first-order valence-electron chi connectivity index (χ1n) is 12.4. The molecule has 1 N–H and O–H groups in total. The molecule has 2 atom stereocenters. The normalized spacial score (nSPS) is 19.7. The summed E-state index contributed by atoms with van der Waals surface area (Å²) in [6.45, 7) is 4.56. The van der Waals surface area contributed by atoms with Crippen molar-refractivity contribution in [1.82, 2.24) is 15.1 Å². The second-order valence-corrected chi connectivity index (χ2v) is 9.28. The largest absolute Gasteiger partial charge is 0.366 e. The van der Waals surface area contributed by atoms with E-state index in [0.717, 1.165) is 35.1 Å². The monoisotopic (exact) mass is 496 g/mol. The Morgan fingerprint density at radius 1 is 0.784 bits per heavy atom. The van der Waals surface area contributed by atoms with Crippen LogP contribution in [0, 0.1) is 0 Å². The quantitative estimate of drug-likeness (QED) is 0.545. The number of anilines is 1. The molecule has 2 heterocycles. The van der Waals surface area contributed by atoms with Crippen molar-refractivity contribution in [3.8, 4) is 0 Å². The molecule has 2 saturated heterocycles. The highest BCUT2D eigenvalue weighted by atomic mass is 16.2. The van der Waals surface area contributed by atoms with Crippen LogP contribution < -0.4 is 10.2 Å². The van der Waals surface area contributed by atoms with Gasteiger partial charge in [-0.15, -0.1) is 0 Å². The van der Waals surface area contributed by atoms with E-state index in [1.165, 1.54) is 0 Å². The highest BCUT2D eigenvalue weighted by Crippen LogP contribution is 2.26. The Balaban J connectivity index is 1.45. The number of hydrogen-bond donors (Lipinski definition) is 1. The Morgan fingerprint density at radius 3 is 1.97 bits per heavy atom. The van der Waals surface area contributed by atoms with Gasteiger partial charge in [0, 0.05) is 48.1 Å². The number of carbonyl (C=O) groups excluding carboxylic acids is 4. The fraction of sp³-hybridized carbons (Fsp3) is 0.241. The molecular formula is C29H28N4O4. The number of amides is 4. The Morgan fingerprint density at radius 2 is 1.38 bits per heavy atom. The van der Waals surface area contributed by atoms with Crippen LogP contribution in [-0.2, 0) is 0 Å². The van der Waals surface area contributed by atoms with Gasteiger partial charge in [-0.3, -0.25) is 19.3 Å². The lowest BCUT2D eigenvalue weighted by molar-refractivity contribution is 0.0716. The van der Waals surface area contributed by atoms with Gasteiger partial charge in [-0.25, -0.2) is 9.69 Å². The highest BCUT2D eigenvalue weighted by Gasteiger charge is 2.47. The molecule has 2 fully saturated rings. The van der Waals surface area contributed by atoms with E-state index in [9.17, 15) is 19.2 Å². The summed E-state index contributed by atoms with van der Waals surface area (Å²) in [4.78, 5) is 57.9. The number of benzene rings is 3. The van der Waals surface area contributed by atoms with Gasteiger partial charge in [-0.1, -0.05) is 36.4 Å². The second kappa shape index (κ2) is 10.4. The molecule has 0 saturated carbocycles. The number of rotatable bonds is 5. The standard InChI is InChI=1S/C29H28N4O4/c1-20-18-30-16-17-31(20)24-14-12-21(13-15-24)26(34)25-19-32(27(35)22-8-4-2-5-9-22)29(37)33(25)28(36)23-10-6-3-7-11-23/h2-15,20,25,30H,16-19H2,1H3. The van der Waals surface area contributed by atoms with Crippen LogP contribution in [0.1, 0.15) is 38.0 Å². The molecule has 0 radical (unpaired) electrons. The van der Waals surface area contributed by atoms with Crippen LogP contribution in [0.2, 0.25) is 0 Å². The van der Waals surface area contributed by atoms with Gasteiger partial charge in [-0.2, -0.15) is 0 Å². The van der Waals surface area contributed by atoms with Crippen LogP contribution >= 0.6 is 0 Å². The van der Waals surface area contributed by atoms with E-state index in [2.05, 4.69) is 17.1 Å². The van der Waals surface area contributed by atoms with Gasteiger partial charge in [0.1, 0.15) is 6.04 Å². The zero-order valence-electron chi connectivity index (χ0n) is 20.5. The highest BCUT2D eigenvalue weighted by molar-refractivity contribution is 6.17. The third kappa shape index (κ3) is 4.75. The van der Waals surface area contributed by atoms with Crippen molar-refractivity contribution in [3.63, 3.8) is 0 Å². The predicted molar refractivity (Wildman–Crippen MR) is 140 cm³/mol. The van der Waals surface area contributed by atoms with Crippen molar-refractivity contribution in [2.45, 2.75) is 19.0 Å². The molecule has 0 bridgehead atoms. The molecule has 8 heteroatoms. The summed E-state index contributed by atoms with van der Waals surface area (Å²) in [7, 11) is 0. The lowest BCUT2D eigenvalue weighted by Gasteiger charge is -2.36. The minimum absolute atomic E-state index is 0.208. The summed E-state index contributed by atoms with van der Waals surface area (Å²) < 4.78 is 0. The lowest BCUT2D eigenvalue weighted by atomic mass is 10.0. The molecule has 0 aromatic heterocycles. The van der Waals surface area contributed by atoms with Gasteiger partial charge < -0.3 is 10.2 Å². The summed E-state index contributed by atoms with van der Waals surface area (Å²) in [5.74, 6) is -1.55. The molecule has 3 aromatic carbocycles. The number of carbonyl (C=O) groups is 4. The van der Waals surface area contributed by atoms with Gasteiger partial charge >= 0.3 is 6.03 Å². The smallest absolute Gasteiger partial charge is 0.334 e. The van der Waals surface area contributed by atoms with E-state index in [1.807, 2.05) is 12.1 Å². The van der Waals surface area contributed by atoms with Crippen LogP contribution in [0.5, 0.6) is 0 Å². The summed E-state index contributed by atoms with van der Waals surface area (Å²) in [5, 5.41) is 3.36. The Labute approximate surface area is 215 Å². The fourth-order valence-electron chi connectivity index (χ4n) is 4.88. The van der Waals surface area contributed by atoms with E-state index >= 15 is 0 Å². The number of imide groups is 2. The van der Waals surface area contributed by atoms with E-state index in [-0.39, 0.29) is 17.9 Å². The minimum Gasteiger partial charge on any atom is -0.366 e. The third-order valence-corrected chi connectivity index (χ3v) is 6.90. The first-order valence-corrected chi connectivity index (χ1v) is 12.4. The lowest BCUT2D eigenvalue weighted by Crippen LogP contribution is -2.49. The summed E-state index contributed by atoms with van der Waals surface area (Å²) >= 11 is 0. The van der Waals surface area contributed by atoms with E-state index in [4.69, 9.17) is 0 Å². The SMILES string of the molecule is CC1CNCCN1c1ccc(C(=O)C2CN(C(=O)c3ccccc3)C(=O)N2C(=O)c2ccccc2)cc1. The molecule has 2 unspecified atom stereocenters. The average molecular weight is 497 g/mol. The third-order valence-electron chi connectivity index (χ3n) is 6.90. The van der Waals surface area contributed by atoms with Gasteiger partial charge in [0.15, 0.2) is 5.78 Å². The maximum absolute atomic E-state index is 13.7. The maximum atomic E-state index is 13.7. The molecule has 2 aliphatic heterocycles. The number of Topliss-reactive ketones (excluding diaryl/α,β-unsaturated/α-hetero) is 1. The van der Waals surface area contributed by atoms with E-state index in [1.54, 1.807) is 72.8 Å². The van der Waals surface area contributed by atoms with Gasteiger partial charge in [0.25, 0.3) is 11.8 Å². The van der Waals surface area contributed by atoms with Crippen LogP contribution in [0.25, 0.3) is 0 Å². The van der Waals surface area contributed by atoms with Crippen LogP contribution in [0.15, 0.2) is 84.9 Å².